The van der Waals surface area contributed by atoms with E-state index >= 15 is 0 Å². The molecule has 1 amide bonds. The Morgan fingerprint density at radius 3 is 2.39 bits per heavy atom. The average molecular weight is 387 g/mol. The lowest BCUT2D eigenvalue weighted by atomic mass is 9.91. The second-order valence-corrected chi connectivity index (χ2v) is 7.88. The van der Waals surface area contributed by atoms with E-state index in [1.165, 1.54) is 6.07 Å². The maximum atomic E-state index is 13.8. The van der Waals surface area contributed by atoms with E-state index in [1.54, 1.807) is 6.07 Å². The number of halogens is 2. The normalized spacial score (nSPS) is 21.6. The fourth-order valence-corrected chi connectivity index (χ4v) is 3.02. The van der Waals surface area contributed by atoms with Gasteiger partial charge in [0, 0.05) is 16.6 Å². The first-order chi connectivity index (χ1) is 10.7. The van der Waals surface area contributed by atoms with Gasteiger partial charge in [-0.1, -0.05) is 15.9 Å². The zero-order chi connectivity index (χ0) is 17.0. The zero-order valence-corrected chi connectivity index (χ0v) is 15.4. The third-order valence-electron chi connectivity index (χ3n) is 3.74. The lowest BCUT2D eigenvalue weighted by Crippen LogP contribution is -2.42. The molecule has 0 aliphatic heterocycles. The van der Waals surface area contributed by atoms with Gasteiger partial charge in [0.05, 0.1) is 5.69 Å². The van der Waals surface area contributed by atoms with Crippen molar-refractivity contribution in [3.63, 3.8) is 0 Å². The number of anilines is 1. The van der Waals surface area contributed by atoms with Crippen LogP contribution in [0.15, 0.2) is 22.7 Å². The van der Waals surface area contributed by atoms with Crippen molar-refractivity contribution >= 4 is 27.7 Å². The molecule has 1 aliphatic carbocycles. The summed E-state index contributed by atoms with van der Waals surface area (Å²) >= 11 is 3.25. The maximum absolute atomic E-state index is 13.8. The van der Waals surface area contributed by atoms with Crippen molar-refractivity contribution in [2.45, 2.75) is 64.1 Å². The molecule has 2 N–H and O–H groups in total. The number of carbonyl (C=O) groups is 1. The molecule has 1 aliphatic rings. The fraction of sp³-hybridized carbons (Fsp3) is 0.588. The Morgan fingerprint density at radius 1 is 1.22 bits per heavy atom. The molecular weight excluding hydrogens is 363 g/mol. The van der Waals surface area contributed by atoms with E-state index < -0.39 is 5.60 Å². The van der Waals surface area contributed by atoms with Gasteiger partial charge in [-0.05, 0) is 64.7 Å². The van der Waals surface area contributed by atoms with Crippen molar-refractivity contribution in [1.29, 1.82) is 0 Å². The van der Waals surface area contributed by atoms with Crippen molar-refractivity contribution < 1.29 is 13.9 Å². The molecule has 0 atom stereocenters. The first kappa shape index (κ1) is 18.0. The van der Waals surface area contributed by atoms with E-state index in [1.807, 2.05) is 26.8 Å². The molecular formula is C17H24BrFN2O2. The lowest BCUT2D eigenvalue weighted by molar-refractivity contribution is 0.0492. The monoisotopic (exact) mass is 386 g/mol. The van der Waals surface area contributed by atoms with Crippen LogP contribution in [0.5, 0.6) is 0 Å². The minimum Gasteiger partial charge on any atom is -0.444 e. The second-order valence-electron chi connectivity index (χ2n) is 6.96. The van der Waals surface area contributed by atoms with Crippen LogP contribution in [0.2, 0.25) is 0 Å². The van der Waals surface area contributed by atoms with Gasteiger partial charge in [-0.25, -0.2) is 9.18 Å². The molecule has 23 heavy (non-hydrogen) atoms. The molecule has 1 aromatic carbocycles. The smallest absolute Gasteiger partial charge is 0.407 e. The van der Waals surface area contributed by atoms with Gasteiger partial charge in [0.2, 0.25) is 0 Å². The molecule has 0 radical (unpaired) electrons. The van der Waals surface area contributed by atoms with Crippen LogP contribution >= 0.6 is 15.9 Å². The van der Waals surface area contributed by atoms with Gasteiger partial charge in [0.15, 0.2) is 0 Å². The number of alkyl carbamates (subject to hydrolysis) is 1. The number of ether oxygens (including phenoxy) is 1. The summed E-state index contributed by atoms with van der Waals surface area (Å²) in [4.78, 5) is 11.8. The highest BCUT2D eigenvalue weighted by atomic mass is 79.9. The third-order valence-corrected chi connectivity index (χ3v) is 4.23. The van der Waals surface area contributed by atoms with Crippen LogP contribution in [0.1, 0.15) is 46.5 Å². The summed E-state index contributed by atoms with van der Waals surface area (Å²) in [6.07, 6.45) is 3.11. The van der Waals surface area contributed by atoms with Crippen LogP contribution < -0.4 is 10.6 Å². The van der Waals surface area contributed by atoms with E-state index in [2.05, 4.69) is 26.6 Å². The summed E-state index contributed by atoms with van der Waals surface area (Å²) in [5.74, 6) is -0.256. The topological polar surface area (TPSA) is 50.4 Å². The van der Waals surface area contributed by atoms with Crippen LogP contribution in [0.3, 0.4) is 0 Å². The number of benzene rings is 1. The standard InChI is InChI=1S/C17H24BrFN2O2/c1-17(2,3)23-16(22)21-13-7-5-12(6-8-13)20-15-9-4-11(18)10-14(15)19/h4,9-10,12-13,20H,5-8H2,1-3H3,(H,21,22). The van der Waals surface area contributed by atoms with Gasteiger partial charge in [-0.2, -0.15) is 0 Å². The summed E-state index contributed by atoms with van der Waals surface area (Å²) in [6.45, 7) is 5.54. The Hall–Kier alpha value is -1.30. The van der Waals surface area contributed by atoms with Crippen LogP contribution in [0, 0.1) is 5.82 Å². The molecule has 0 heterocycles. The third kappa shape index (κ3) is 6.01. The van der Waals surface area contributed by atoms with E-state index in [0.29, 0.717) is 5.69 Å². The summed E-state index contributed by atoms with van der Waals surface area (Å²) < 4.78 is 19.8. The number of hydrogen-bond acceptors (Lipinski definition) is 3. The van der Waals surface area contributed by atoms with Gasteiger partial charge >= 0.3 is 6.09 Å². The molecule has 0 aromatic heterocycles. The van der Waals surface area contributed by atoms with Crippen molar-refractivity contribution in [2.75, 3.05) is 5.32 Å². The molecule has 1 fully saturated rings. The lowest BCUT2D eigenvalue weighted by Gasteiger charge is -2.31. The zero-order valence-electron chi connectivity index (χ0n) is 13.8. The average Bonchev–Trinajstić information content (AvgIpc) is 2.42. The van der Waals surface area contributed by atoms with Gasteiger partial charge in [-0.3, -0.25) is 0 Å². The molecule has 0 bridgehead atoms. The highest BCUT2D eigenvalue weighted by molar-refractivity contribution is 9.10. The Bertz CT molecular complexity index is 552. The number of hydrogen-bond donors (Lipinski definition) is 2. The Balaban J connectivity index is 1.79. The molecule has 0 spiro atoms. The van der Waals surface area contributed by atoms with E-state index in [-0.39, 0.29) is 24.0 Å². The van der Waals surface area contributed by atoms with E-state index in [0.717, 1.165) is 30.2 Å². The number of amides is 1. The minimum atomic E-state index is -0.484. The van der Waals surface area contributed by atoms with Crippen molar-refractivity contribution in [3.05, 3.63) is 28.5 Å². The van der Waals surface area contributed by atoms with Gasteiger partial charge < -0.3 is 15.4 Å². The second kappa shape index (κ2) is 7.51. The SMILES string of the molecule is CC(C)(C)OC(=O)NC1CCC(Nc2ccc(Br)cc2F)CC1. The quantitative estimate of drug-likeness (QED) is 0.781. The van der Waals surface area contributed by atoms with Crippen molar-refractivity contribution in [2.24, 2.45) is 0 Å². The van der Waals surface area contributed by atoms with Gasteiger partial charge in [-0.15, -0.1) is 0 Å². The van der Waals surface area contributed by atoms with Crippen LogP contribution in [0.25, 0.3) is 0 Å². The van der Waals surface area contributed by atoms with Crippen LogP contribution in [0.4, 0.5) is 14.9 Å². The largest absolute Gasteiger partial charge is 0.444 e. The molecule has 4 nitrogen and oxygen atoms in total. The summed E-state index contributed by atoms with van der Waals surface area (Å²) in [5.41, 5.74) is 0.0406. The van der Waals surface area contributed by atoms with Gasteiger partial charge in [0.1, 0.15) is 11.4 Å². The van der Waals surface area contributed by atoms with E-state index in [4.69, 9.17) is 4.74 Å². The Morgan fingerprint density at radius 2 is 1.83 bits per heavy atom. The predicted molar refractivity (Wildman–Crippen MR) is 93.1 cm³/mol. The Labute approximate surface area is 145 Å². The number of nitrogens with one attached hydrogen (secondary N) is 2. The summed E-state index contributed by atoms with van der Waals surface area (Å²) in [7, 11) is 0. The predicted octanol–water partition coefficient (Wildman–Crippen LogP) is 4.84. The molecule has 1 saturated carbocycles. The molecule has 2 rings (SSSR count). The first-order valence-corrected chi connectivity index (χ1v) is 8.73. The minimum absolute atomic E-state index is 0.123. The van der Waals surface area contributed by atoms with Crippen molar-refractivity contribution in [3.8, 4) is 0 Å². The van der Waals surface area contributed by atoms with Crippen LogP contribution in [-0.2, 0) is 4.74 Å². The Kier molecular flexibility index (Phi) is 5.89. The molecule has 0 saturated heterocycles. The van der Waals surface area contributed by atoms with Gasteiger partial charge in [0.25, 0.3) is 0 Å². The highest BCUT2D eigenvalue weighted by Crippen LogP contribution is 2.25. The number of rotatable bonds is 3. The molecule has 6 heteroatoms. The van der Waals surface area contributed by atoms with E-state index in [9.17, 15) is 9.18 Å². The first-order valence-electron chi connectivity index (χ1n) is 7.94. The summed E-state index contributed by atoms with van der Waals surface area (Å²) in [5, 5.41) is 6.16. The summed E-state index contributed by atoms with van der Waals surface area (Å²) in [6, 6.07) is 5.36. The molecule has 1 aromatic rings. The molecule has 0 unspecified atom stereocenters. The number of carbonyl (C=O) groups excluding carboxylic acids is 1. The maximum Gasteiger partial charge on any atom is 0.407 e. The molecule has 128 valence electrons. The van der Waals surface area contributed by atoms with Crippen molar-refractivity contribution in [1.82, 2.24) is 5.32 Å². The highest BCUT2D eigenvalue weighted by Gasteiger charge is 2.25. The van der Waals surface area contributed by atoms with Crippen LogP contribution in [-0.4, -0.2) is 23.8 Å². The fourth-order valence-electron chi connectivity index (χ4n) is 2.68.